The second-order valence-corrected chi connectivity index (χ2v) is 8.07. The van der Waals surface area contributed by atoms with E-state index in [9.17, 15) is 19.5 Å². The number of carboxylic acid groups (broad SMARTS) is 1. The Bertz CT molecular complexity index is 1430. The monoisotopic (exact) mass is 563 g/mol. The summed E-state index contributed by atoms with van der Waals surface area (Å²) in [4.78, 5) is 36.9. The summed E-state index contributed by atoms with van der Waals surface area (Å²) in [5, 5.41) is 21.8. The highest BCUT2D eigenvalue weighted by molar-refractivity contribution is 7.13. The van der Waals surface area contributed by atoms with E-state index in [0.29, 0.717) is 16.6 Å². The summed E-state index contributed by atoms with van der Waals surface area (Å²) in [5.41, 5.74) is 0.675. The van der Waals surface area contributed by atoms with E-state index in [0.717, 1.165) is 23.8 Å². The number of esters is 1. The lowest BCUT2D eigenvalue weighted by Crippen LogP contribution is -2.14. The lowest BCUT2D eigenvalue weighted by molar-refractivity contribution is 0.0677. The van der Waals surface area contributed by atoms with Crippen LogP contribution in [-0.4, -0.2) is 35.2 Å². The van der Waals surface area contributed by atoms with Crippen molar-refractivity contribution in [2.24, 2.45) is 0 Å². The third kappa shape index (κ3) is 7.56. The first-order valence-electron chi connectivity index (χ1n) is 11.9. The summed E-state index contributed by atoms with van der Waals surface area (Å²) < 4.78 is 16.2. The van der Waals surface area contributed by atoms with Crippen molar-refractivity contribution in [1.82, 2.24) is 0 Å². The number of para-hydroxylation sites is 2. The Labute approximate surface area is 234 Å². The highest BCUT2D eigenvalue weighted by Crippen LogP contribution is 2.36. The van der Waals surface area contributed by atoms with Crippen LogP contribution < -0.4 is 10.1 Å². The van der Waals surface area contributed by atoms with E-state index in [1.807, 2.05) is 19.9 Å². The number of rotatable bonds is 6. The normalized spacial score (nSPS) is 9.60. The number of allylic oxidation sites excluding steroid dienone is 2. The van der Waals surface area contributed by atoms with Gasteiger partial charge in [-0.2, -0.15) is 0 Å². The molecule has 9 nitrogen and oxygen atoms in total. The maximum Gasteiger partial charge on any atom is 0.380 e. The number of anilines is 1. The number of ether oxygens (including phenoxy) is 1. The molecule has 2 aromatic carbocycles. The number of nitrogens with one attached hydrogen (secondary N) is 1. The lowest BCUT2D eigenvalue weighted by Gasteiger charge is -2.04. The van der Waals surface area contributed by atoms with E-state index in [2.05, 4.69) is 18.5 Å². The molecule has 0 atom stereocenters. The molecular formula is C30H29NO8S. The molecule has 10 heteroatoms. The second kappa shape index (κ2) is 15.5. The van der Waals surface area contributed by atoms with E-state index in [1.54, 1.807) is 60.7 Å². The van der Waals surface area contributed by atoms with Crippen molar-refractivity contribution in [2.45, 2.75) is 13.8 Å². The maximum atomic E-state index is 12.6. The Morgan fingerprint density at radius 1 is 0.875 bits per heavy atom. The molecule has 0 fully saturated rings. The fourth-order valence-electron chi connectivity index (χ4n) is 3.20. The van der Waals surface area contributed by atoms with Crippen LogP contribution in [0, 0.1) is 0 Å². The van der Waals surface area contributed by atoms with Gasteiger partial charge < -0.3 is 29.1 Å². The minimum absolute atomic E-state index is 0.0136. The summed E-state index contributed by atoms with van der Waals surface area (Å²) in [6.45, 7) is 10.7. The number of thiophene rings is 1. The topological polar surface area (TPSA) is 139 Å². The number of carbonyl (C=O) groups is 3. The predicted octanol–water partition coefficient (Wildman–Crippen LogP) is 7.40. The standard InChI is InChI=1S/C23H13NO7S.C4H6.C2H6.CH4O/c25-20(17-9-12-5-1-3-7-15(12)29-17)24-14-11-32-23(19(14)21(26)27)31-22(28)18-10-13-6-2-4-8-16(13)30-18;1-3-4-2;2*1-2/h1-11H,(H,24,25)(H,26,27);3-4H,1-2H2;1-2H3;2H,1H3. The minimum atomic E-state index is -1.36. The van der Waals surface area contributed by atoms with Crippen LogP contribution in [0.3, 0.4) is 0 Å². The van der Waals surface area contributed by atoms with Crippen LogP contribution in [0.2, 0.25) is 0 Å². The van der Waals surface area contributed by atoms with Gasteiger partial charge in [0.1, 0.15) is 16.7 Å². The molecule has 5 rings (SSSR count). The number of hydrogen-bond donors (Lipinski definition) is 3. The average Bonchev–Trinajstić information content (AvgIpc) is 3.72. The second-order valence-electron chi connectivity index (χ2n) is 7.23. The van der Waals surface area contributed by atoms with Crippen molar-refractivity contribution in [3.63, 3.8) is 0 Å². The SMILES string of the molecule is C=CC=C.CC.CO.O=C(Nc1csc(OC(=O)c2cc3ccccc3o2)c1C(=O)O)c1cc2ccccc2o1. The van der Waals surface area contributed by atoms with Gasteiger partial charge in [0, 0.05) is 23.3 Å². The van der Waals surface area contributed by atoms with Crippen molar-refractivity contribution in [3.8, 4) is 5.06 Å². The van der Waals surface area contributed by atoms with Gasteiger partial charge in [0.05, 0.1) is 5.69 Å². The van der Waals surface area contributed by atoms with Crippen LogP contribution >= 0.6 is 11.3 Å². The van der Waals surface area contributed by atoms with Gasteiger partial charge in [0.15, 0.2) is 5.76 Å². The van der Waals surface area contributed by atoms with Crippen LogP contribution in [0.15, 0.2) is 100 Å². The summed E-state index contributed by atoms with van der Waals surface area (Å²) in [6.07, 6.45) is 3.28. The number of aliphatic hydroxyl groups is 1. The number of hydrogen-bond acceptors (Lipinski definition) is 8. The maximum absolute atomic E-state index is 12.6. The lowest BCUT2D eigenvalue weighted by atomic mass is 10.2. The van der Waals surface area contributed by atoms with Gasteiger partial charge in [-0.25, -0.2) is 9.59 Å². The third-order valence-electron chi connectivity index (χ3n) is 4.85. The molecule has 40 heavy (non-hydrogen) atoms. The van der Waals surface area contributed by atoms with Gasteiger partial charge >= 0.3 is 11.9 Å². The average molecular weight is 564 g/mol. The molecule has 0 saturated carbocycles. The summed E-state index contributed by atoms with van der Waals surface area (Å²) in [7, 11) is 1.00. The van der Waals surface area contributed by atoms with E-state index < -0.39 is 17.8 Å². The molecule has 3 heterocycles. The van der Waals surface area contributed by atoms with Gasteiger partial charge in [-0.05, 0) is 24.3 Å². The highest BCUT2D eigenvalue weighted by Gasteiger charge is 2.26. The number of furan rings is 2. The van der Waals surface area contributed by atoms with E-state index in [1.165, 1.54) is 11.4 Å². The number of benzene rings is 2. The van der Waals surface area contributed by atoms with Gasteiger partial charge in [0.2, 0.25) is 10.8 Å². The third-order valence-corrected chi connectivity index (χ3v) is 5.70. The Kier molecular flexibility index (Phi) is 12.1. The molecule has 0 aliphatic heterocycles. The number of carbonyl (C=O) groups excluding carboxylic acids is 2. The van der Waals surface area contributed by atoms with Gasteiger partial charge in [0.25, 0.3) is 5.91 Å². The molecular weight excluding hydrogens is 534 g/mol. The zero-order valence-corrected chi connectivity index (χ0v) is 23.0. The predicted molar refractivity (Wildman–Crippen MR) is 157 cm³/mol. The summed E-state index contributed by atoms with van der Waals surface area (Å²) in [6, 6.07) is 17.2. The number of aliphatic hydroxyl groups excluding tert-OH is 1. The van der Waals surface area contributed by atoms with E-state index >= 15 is 0 Å². The molecule has 0 saturated heterocycles. The van der Waals surface area contributed by atoms with Crippen LogP contribution in [0.25, 0.3) is 21.9 Å². The fraction of sp³-hybridized carbons (Fsp3) is 0.100. The zero-order valence-electron chi connectivity index (χ0n) is 22.2. The quantitative estimate of drug-likeness (QED) is 0.143. The Hall–Kier alpha value is -4.93. The summed E-state index contributed by atoms with van der Waals surface area (Å²) >= 11 is 0.866. The van der Waals surface area contributed by atoms with Crippen molar-refractivity contribution in [2.75, 3.05) is 12.4 Å². The zero-order chi connectivity index (χ0) is 29.7. The van der Waals surface area contributed by atoms with Crippen molar-refractivity contribution in [3.05, 3.63) is 108 Å². The summed E-state index contributed by atoms with van der Waals surface area (Å²) in [5.74, 6) is -2.88. The van der Waals surface area contributed by atoms with Crippen molar-refractivity contribution in [1.29, 1.82) is 0 Å². The number of aromatic carboxylic acids is 1. The Morgan fingerprint density at radius 2 is 1.38 bits per heavy atom. The molecule has 0 bridgehead atoms. The Balaban J connectivity index is 0.000000634. The van der Waals surface area contributed by atoms with Crippen LogP contribution in [0.1, 0.15) is 45.3 Å². The van der Waals surface area contributed by atoms with Crippen LogP contribution in [0.4, 0.5) is 5.69 Å². The number of fused-ring (bicyclic) bond motifs is 2. The fourth-order valence-corrected chi connectivity index (χ4v) is 4.05. The first-order valence-corrected chi connectivity index (χ1v) is 12.8. The van der Waals surface area contributed by atoms with Crippen molar-refractivity contribution >= 4 is 56.8 Å². The first-order chi connectivity index (χ1) is 19.4. The Morgan fingerprint density at radius 3 is 1.88 bits per heavy atom. The molecule has 3 aromatic heterocycles. The molecule has 1 amide bonds. The molecule has 0 unspecified atom stereocenters. The molecule has 0 aliphatic rings. The first kappa shape index (κ1) is 31.3. The minimum Gasteiger partial charge on any atom is -0.477 e. The van der Waals surface area contributed by atoms with Gasteiger partial charge in [-0.1, -0.05) is 75.6 Å². The smallest absolute Gasteiger partial charge is 0.380 e. The molecule has 0 radical (unpaired) electrons. The molecule has 5 aromatic rings. The van der Waals surface area contributed by atoms with Crippen LogP contribution in [-0.2, 0) is 0 Å². The largest absolute Gasteiger partial charge is 0.477 e. The molecule has 0 aliphatic carbocycles. The van der Waals surface area contributed by atoms with Crippen molar-refractivity contribution < 1.29 is 38.2 Å². The molecule has 0 spiro atoms. The molecule has 208 valence electrons. The van der Waals surface area contributed by atoms with Gasteiger partial charge in [-0.15, -0.1) is 11.3 Å². The molecule has 3 N–H and O–H groups in total. The number of carboxylic acids is 1. The number of amides is 1. The van der Waals surface area contributed by atoms with Gasteiger partial charge in [-0.3, -0.25) is 4.79 Å². The van der Waals surface area contributed by atoms with E-state index in [-0.39, 0.29) is 27.8 Å². The van der Waals surface area contributed by atoms with Crippen LogP contribution in [0.5, 0.6) is 5.06 Å². The van der Waals surface area contributed by atoms with E-state index in [4.69, 9.17) is 18.7 Å². The highest BCUT2D eigenvalue weighted by atomic mass is 32.1.